The van der Waals surface area contributed by atoms with Gasteiger partial charge in [-0.15, -0.1) is 23.1 Å². The molecule has 0 aromatic carbocycles. The Morgan fingerprint density at radius 2 is 2.50 bits per heavy atom. The van der Waals surface area contributed by atoms with Gasteiger partial charge in [0.15, 0.2) is 0 Å². The largest absolute Gasteiger partial charge is 0.144 e. The van der Waals surface area contributed by atoms with E-state index in [1.54, 1.807) is 0 Å². The first-order valence-corrected chi connectivity index (χ1v) is 6.83. The number of hydrogen-bond donors (Lipinski definition) is 0. The Morgan fingerprint density at radius 1 is 1.58 bits per heavy atom. The van der Waals surface area contributed by atoms with E-state index in [0.29, 0.717) is 4.08 Å². The van der Waals surface area contributed by atoms with Crippen LogP contribution in [0.1, 0.15) is 19.8 Å². The Hall–Kier alpha value is 0.400. The molecule has 0 aliphatic carbocycles. The van der Waals surface area contributed by atoms with Crippen LogP contribution in [0.5, 0.6) is 0 Å². The van der Waals surface area contributed by atoms with Gasteiger partial charge >= 0.3 is 0 Å². The van der Waals surface area contributed by atoms with Gasteiger partial charge < -0.3 is 0 Å². The second kappa shape index (κ2) is 3.64. The van der Waals surface area contributed by atoms with Crippen molar-refractivity contribution in [2.45, 2.75) is 28.1 Å². The number of thiophene rings is 1. The lowest BCUT2D eigenvalue weighted by Gasteiger charge is -2.20. The third-order valence-electron chi connectivity index (χ3n) is 1.99. The van der Waals surface area contributed by atoms with Crippen LogP contribution < -0.4 is 0 Å². The highest BCUT2D eigenvalue weighted by atomic mass is 32.2. The molecule has 1 aromatic rings. The fraction of sp³-hybridized carbons (Fsp3) is 0.556. The maximum atomic E-state index is 2.37. The van der Waals surface area contributed by atoms with Gasteiger partial charge in [0.25, 0.3) is 0 Å². The molecule has 3 heteroatoms. The first kappa shape index (κ1) is 8.97. The van der Waals surface area contributed by atoms with Gasteiger partial charge in [0.2, 0.25) is 0 Å². The summed E-state index contributed by atoms with van der Waals surface area (Å²) in [4.78, 5) is 0. The summed E-state index contributed by atoms with van der Waals surface area (Å²) >= 11 is 6.01. The maximum absolute atomic E-state index is 2.37. The summed E-state index contributed by atoms with van der Waals surface area (Å²) in [7, 11) is 0. The third kappa shape index (κ3) is 2.01. The molecule has 2 rings (SSSR count). The summed E-state index contributed by atoms with van der Waals surface area (Å²) in [5.41, 5.74) is 0. The molecule has 1 fully saturated rings. The molecule has 0 amide bonds. The Kier molecular flexibility index (Phi) is 2.72. The molecular formula is C9H12S3. The van der Waals surface area contributed by atoms with Gasteiger partial charge in [-0.2, -0.15) is 0 Å². The van der Waals surface area contributed by atoms with E-state index in [1.165, 1.54) is 22.8 Å². The number of thioether (sulfide) groups is 2. The molecular weight excluding hydrogens is 204 g/mol. The van der Waals surface area contributed by atoms with E-state index in [4.69, 9.17) is 0 Å². The molecule has 12 heavy (non-hydrogen) atoms. The summed E-state index contributed by atoms with van der Waals surface area (Å²) in [5, 5.41) is 2.16. The van der Waals surface area contributed by atoms with Crippen molar-refractivity contribution in [3.05, 3.63) is 17.5 Å². The summed E-state index contributed by atoms with van der Waals surface area (Å²) in [6.07, 6.45) is 2.75. The van der Waals surface area contributed by atoms with E-state index in [1.807, 2.05) is 23.1 Å². The van der Waals surface area contributed by atoms with Crippen LogP contribution >= 0.6 is 34.9 Å². The molecule has 0 saturated carbocycles. The Balaban J connectivity index is 2.02. The van der Waals surface area contributed by atoms with Gasteiger partial charge in [-0.3, -0.25) is 0 Å². The zero-order chi connectivity index (χ0) is 8.44. The minimum Gasteiger partial charge on any atom is -0.144 e. The van der Waals surface area contributed by atoms with E-state index < -0.39 is 0 Å². The van der Waals surface area contributed by atoms with Crippen molar-refractivity contribution in [2.24, 2.45) is 0 Å². The molecule has 0 nitrogen and oxygen atoms in total. The third-order valence-corrected chi connectivity index (χ3v) is 6.08. The molecule has 2 heterocycles. The molecule has 0 N–H and O–H groups in total. The highest BCUT2D eigenvalue weighted by Gasteiger charge is 2.30. The molecule has 1 atom stereocenters. The quantitative estimate of drug-likeness (QED) is 0.730. The summed E-state index contributed by atoms with van der Waals surface area (Å²) in [6.45, 7) is 2.37. The second-order valence-corrected chi connectivity index (χ2v) is 7.73. The fourth-order valence-corrected chi connectivity index (χ4v) is 5.47. The Labute approximate surface area is 86.1 Å². The molecule has 1 unspecified atom stereocenters. The highest BCUT2D eigenvalue weighted by molar-refractivity contribution is 8.19. The van der Waals surface area contributed by atoms with Crippen molar-refractivity contribution >= 4 is 34.9 Å². The standard InChI is InChI=1S/C9H12S3/c1-9(5-3-7-11-9)12-8-4-2-6-10-8/h2,4,6H,3,5,7H2,1H3. The van der Waals surface area contributed by atoms with Crippen molar-refractivity contribution in [2.75, 3.05) is 5.75 Å². The zero-order valence-electron chi connectivity index (χ0n) is 7.08. The molecule has 1 aliphatic rings. The van der Waals surface area contributed by atoms with Crippen molar-refractivity contribution in [1.82, 2.24) is 0 Å². The predicted octanol–water partition coefficient (Wildman–Crippen LogP) is 4.08. The van der Waals surface area contributed by atoms with E-state index in [0.717, 1.165) is 0 Å². The van der Waals surface area contributed by atoms with Crippen molar-refractivity contribution in [1.29, 1.82) is 0 Å². The summed E-state index contributed by atoms with van der Waals surface area (Å²) in [5.74, 6) is 1.34. The van der Waals surface area contributed by atoms with Crippen molar-refractivity contribution in [3.63, 3.8) is 0 Å². The molecule has 0 spiro atoms. The molecule has 0 radical (unpaired) electrons. The monoisotopic (exact) mass is 216 g/mol. The lowest BCUT2D eigenvalue weighted by atomic mass is 10.3. The summed E-state index contributed by atoms with van der Waals surface area (Å²) < 4.78 is 1.93. The lowest BCUT2D eigenvalue weighted by molar-refractivity contribution is 0.795. The highest BCUT2D eigenvalue weighted by Crippen LogP contribution is 2.50. The molecule has 1 aromatic heterocycles. The summed E-state index contributed by atoms with van der Waals surface area (Å²) in [6, 6.07) is 4.36. The topological polar surface area (TPSA) is 0 Å². The molecule has 0 bridgehead atoms. The Morgan fingerprint density at radius 3 is 3.08 bits per heavy atom. The van der Waals surface area contributed by atoms with Gasteiger partial charge in [0.1, 0.15) is 0 Å². The first-order chi connectivity index (χ1) is 5.79. The van der Waals surface area contributed by atoms with E-state index in [9.17, 15) is 0 Å². The minimum absolute atomic E-state index is 0.463. The zero-order valence-corrected chi connectivity index (χ0v) is 9.53. The number of rotatable bonds is 2. The first-order valence-electron chi connectivity index (χ1n) is 4.15. The minimum atomic E-state index is 0.463. The maximum Gasteiger partial charge on any atom is 0.0638 e. The SMILES string of the molecule is CC1(Sc2cccs2)CCCS1. The van der Waals surface area contributed by atoms with Crippen LogP contribution in [0.25, 0.3) is 0 Å². The van der Waals surface area contributed by atoms with E-state index in [2.05, 4.69) is 36.2 Å². The van der Waals surface area contributed by atoms with Crippen LogP contribution in [0.2, 0.25) is 0 Å². The van der Waals surface area contributed by atoms with Gasteiger partial charge in [-0.25, -0.2) is 0 Å². The van der Waals surface area contributed by atoms with Crippen LogP contribution in [-0.4, -0.2) is 9.83 Å². The van der Waals surface area contributed by atoms with Gasteiger partial charge in [-0.1, -0.05) is 17.8 Å². The second-order valence-electron chi connectivity index (χ2n) is 3.12. The fourth-order valence-electron chi connectivity index (χ4n) is 1.37. The van der Waals surface area contributed by atoms with Crippen LogP contribution in [0, 0.1) is 0 Å². The van der Waals surface area contributed by atoms with Crippen molar-refractivity contribution < 1.29 is 0 Å². The smallest absolute Gasteiger partial charge is 0.0638 e. The molecule has 1 aliphatic heterocycles. The Bertz CT molecular complexity index is 234. The van der Waals surface area contributed by atoms with Gasteiger partial charge in [0, 0.05) is 0 Å². The van der Waals surface area contributed by atoms with Crippen LogP contribution in [0.15, 0.2) is 21.7 Å². The lowest BCUT2D eigenvalue weighted by Crippen LogP contribution is -2.07. The van der Waals surface area contributed by atoms with Crippen molar-refractivity contribution in [3.8, 4) is 0 Å². The molecule has 1 saturated heterocycles. The molecule has 66 valence electrons. The van der Waals surface area contributed by atoms with E-state index >= 15 is 0 Å². The van der Waals surface area contributed by atoms with Crippen LogP contribution in [0.4, 0.5) is 0 Å². The normalized spacial score (nSPS) is 29.4. The average molecular weight is 216 g/mol. The predicted molar refractivity (Wildman–Crippen MR) is 60.3 cm³/mol. The van der Waals surface area contributed by atoms with Gasteiger partial charge in [-0.05, 0) is 37.0 Å². The van der Waals surface area contributed by atoms with Gasteiger partial charge in [0.05, 0.1) is 8.29 Å². The van der Waals surface area contributed by atoms with Crippen LogP contribution in [0.3, 0.4) is 0 Å². The number of hydrogen-bond acceptors (Lipinski definition) is 3. The average Bonchev–Trinajstić information content (AvgIpc) is 2.62. The van der Waals surface area contributed by atoms with Crippen LogP contribution in [-0.2, 0) is 0 Å². The van der Waals surface area contributed by atoms with E-state index in [-0.39, 0.29) is 0 Å².